The Morgan fingerprint density at radius 1 is 1.50 bits per heavy atom. The van der Waals surface area contributed by atoms with Crippen LogP contribution >= 0.6 is 0 Å². The van der Waals surface area contributed by atoms with Gasteiger partial charge in [-0.2, -0.15) is 0 Å². The summed E-state index contributed by atoms with van der Waals surface area (Å²) in [6, 6.07) is -0.632. The lowest BCUT2D eigenvalue weighted by Crippen LogP contribution is -2.52. The van der Waals surface area contributed by atoms with Gasteiger partial charge in [-0.1, -0.05) is 6.92 Å². The van der Waals surface area contributed by atoms with Crippen LogP contribution in [0.3, 0.4) is 0 Å². The Labute approximate surface area is 108 Å². The maximum atomic E-state index is 11.7. The molecule has 1 heterocycles. The van der Waals surface area contributed by atoms with Crippen LogP contribution in [0.2, 0.25) is 0 Å². The number of carboxylic acid groups (broad SMARTS) is 1. The molecule has 1 fully saturated rings. The highest BCUT2D eigenvalue weighted by molar-refractivity contribution is 5.82. The molecule has 0 saturated carbocycles. The Balaban J connectivity index is 2.38. The molecule has 2 amide bonds. The molecule has 0 aromatic heterocycles. The molecule has 104 valence electrons. The third kappa shape index (κ3) is 4.18. The van der Waals surface area contributed by atoms with Crippen molar-refractivity contribution in [3.8, 4) is 0 Å². The molecular weight excluding hydrogens is 234 g/mol. The van der Waals surface area contributed by atoms with Gasteiger partial charge in [0.25, 0.3) is 0 Å². The molecule has 3 N–H and O–H groups in total. The molecule has 0 spiro atoms. The van der Waals surface area contributed by atoms with Crippen molar-refractivity contribution in [1.82, 2.24) is 15.5 Å². The van der Waals surface area contributed by atoms with Gasteiger partial charge in [-0.25, -0.2) is 9.59 Å². The number of nitrogens with one attached hydrogen (secondary N) is 2. The number of piperidine rings is 1. The zero-order valence-electron chi connectivity index (χ0n) is 11.3. The molecule has 1 saturated heterocycles. The van der Waals surface area contributed by atoms with Gasteiger partial charge in [-0.05, 0) is 33.2 Å². The SMILES string of the molecule is CCC(NC(=O)NC1CCN(C)C(C)C1)C(=O)O. The molecule has 0 aromatic carbocycles. The van der Waals surface area contributed by atoms with Crippen LogP contribution in [0.25, 0.3) is 0 Å². The van der Waals surface area contributed by atoms with E-state index in [9.17, 15) is 9.59 Å². The maximum Gasteiger partial charge on any atom is 0.326 e. The molecule has 0 radical (unpaired) electrons. The molecule has 3 atom stereocenters. The molecule has 3 unspecified atom stereocenters. The van der Waals surface area contributed by atoms with Crippen LogP contribution in [0.1, 0.15) is 33.1 Å². The summed E-state index contributed by atoms with van der Waals surface area (Å²) in [7, 11) is 2.07. The number of aliphatic carboxylic acids is 1. The summed E-state index contributed by atoms with van der Waals surface area (Å²) in [6.07, 6.45) is 2.18. The number of carbonyl (C=O) groups is 2. The van der Waals surface area contributed by atoms with Gasteiger partial charge >= 0.3 is 12.0 Å². The van der Waals surface area contributed by atoms with Gasteiger partial charge in [0.2, 0.25) is 0 Å². The maximum absolute atomic E-state index is 11.7. The minimum absolute atomic E-state index is 0.127. The first kappa shape index (κ1) is 14.8. The van der Waals surface area contributed by atoms with E-state index in [1.54, 1.807) is 6.92 Å². The number of carbonyl (C=O) groups excluding carboxylic acids is 1. The van der Waals surface area contributed by atoms with Gasteiger partial charge in [0.1, 0.15) is 6.04 Å². The standard InChI is InChI=1S/C12H23N3O3/c1-4-10(11(16)17)14-12(18)13-9-5-6-15(3)8(2)7-9/h8-10H,4-7H2,1-3H3,(H,16,17)(H2,13,14,18). The number of urea groups is 1. The quantitative estimate of drug-likeness (QED) is 0.690. The minimum Gasteiger partial charge on any atom is -0.480 e. The lowest BCUT2D eigenvalue weighted by atomic mass is 9.99. The lowest BCUT2D eigenvalue weighted by Gasteiger charge is -2.35. The van der Waals surface area contributed by atoms with Gasteiger partial charge in [0.15, 0.2) is 0 Å². The molecular formula is C12H23N3O3. The number of likely N-dealkylation sites (tertiary alicyclic amines) is 1. The molecule has 18 heavy (non-hydrogen) atoms. The van der Waals surface area contributed by atoms with Crippen LogP contribution in [0.5, 0.6) is 0 Å². The Morgan fingerprint density at radius 2 is 2.17 bits per heavy atom. The van der Waals surface area contributed by atoms with E-state index in [1.165, 1.54) is 0 Å². The van der Waals surface area contributed by atoms with Gasteiger partial charge in [-0.3, -0.25) is 0 Å². The van der Waals surface area contributed by atoms with E-state index >= 15 is 0 Å². The first-order valence-electron chi connectivity index (χ1n) is 6.44. The first-order valence-corrected chi connectivity index (χ1v) is 6.44. The van der Waals surface area contributed by atoms with Crippen molar-refractivity contribution in [2.45, 2.75) is 51.2 Å². The van der Waals surface area contributed by atoms with Crippen LogP contribution in [-0.4, -0.2) is 53.7 Å². The van der Waals surface area contributed by atoms with E-state index < -0.39 is 12.0 Å². The van der Waals surface area contributed by atoms with Crippen molar-refractivity contribution in [3.63, 3.8) is 0 Å². The number of rotatable bonds is 4. The highest BCUT2D eigenvalue weighted by Crippen LogP contribution is 2.15. The Hall–Kier alpha value is -1.30. The fourth-order valence-electron chi connectivity index (χ4n) is 2.14. The predicted octanol–water partition coefficient (Wildman–Crippen LogP) is 0.631. The van der Waals surface area contributed by atoms with Crippen LogP contribution in [-0.2, 0) is 4.79 Å². The van der Waals surface area contributed by atoms with Crippen LogP contribution in [0, 0.1) is 0 Å². The van der Waals surface area contributed by atoms with Gasteiger partial charge in [-0.15, -0.1) is 0 Å². The van der Waals surface area contributed by atoms with Crippen molar-refractivity contribution in [1.29, 1.82) is 0 Å². The summed E-state index contributed by atoms with van der Waals surface area (Å²) in [4.78, 5) is 24.7. The molecule has 0 aromatic rings. The number of nitrogens with zero attached hydrogens (tertiary/aromatic N) is 1. The van der Waals surface area contributed by atoms with Gasteiger partial charge < -0.3 is 20.6 Å². The summed E-state index contributed by atoms with van der Waals surface area (Å²) in [5, 5.41) is 14.2. The van der Waals surface area contributed by atoms with Crippen LogP contribution in [0.4, 0.5) is 4.79 Å². The lowest BCUT2D eigenvalue weighted by molar-refractivity contribution is -0.139. The smallest absolute Gasteiger partial charge is 0.326 e. The monoisotopic (exact) mass is 257 g/mol. The summed E-state index contributed by atoms with van der Waals surface area (Å²) in [5.74, 6) is -0.996. The van der Waals surface area contributed by atoms with E-state index in [0.29, 0.717) is 12.5 Å². The highest BCUT2D eigenvalue weighted by atomic mass is 16.4. The number of amides is 2. The number of carboxylic acids is 1. The van der Waals surface area contributed by atoms with Gasteiger partial charge in [0, 0.05) is 18.6 Å². The van der Waals surface area contributed by atoms with E-state index in [1.807, 2.05) is 0 Å². The van der Waals surface area contributed by atoms with E-state index in [-0.39, 0.29) is 12.1 Å². The average Bonchev–Trinajstić information content (AvgIpc) is 2.30. The minimum atomic E-state index is -0.996. The molecule has 0 bridgehead atoms. The second-order valence-electron chi connectivity index (χ2n) is 4.97. The summed E-state index contributed by atoms with van der Waals surface area (Å²) in [5.41, 5.74) is 0. The van der Waals surface area contributed by atoms with Crippen molar-refractivity contribution in [2.75, 3.05) is 13.6 Å². The van der Waals surface area contributed by atoms with Gasteiger partial charge in [0.05, 0.1) is 0 Å². The summed E-state index contributed by atoms with van der Waals surface area (Å²) < 4.78 is 0. The fourth-order valence-corrected chi connectivity index (χ4v) is 2.14. The zero-order valence-corrected chi connectivity index (χ0v) is 11.3. The zero-order chi connectivity index (χ0) is 13.7. The van der Waals surface area contributed by atoms with E-state index in [4.69, 9.17) is 5.11 Å². The molecule has 1 rings (SSSR count). The third-order valence-corrected chi connectivity index (χ3v) is 3.56. The summed E-state index contributed by atoms with van der Waals surface area (Å²) >= 11 is 0. The summed E-state index contributed by atoms with van der Waals surface area (Å²) in [6.45, 7) is 4.80. The highest BCUT2D eigenvalue weighted by Gasteiger charge is 2.25. The predicted molar refractivity (Wildman–Crippen MR) is 68.5 cm³/mol. The Kier molecular flexibility index (Phi) is 5.40. The van der Waals surface area contributed by atoms with Crippen LogP contribution < -0.4 is 10.6 Å². The Morgan fingerprint density at radius 3 is 2.67 bits per heavy atom. The second-order valence-corrected chi connectivity index (χ2v) is 4.97. The van der Waals surface area contributed by atoms with Crippen molar-refractivity contribution in [2.24, 2.45) is 0 Å². The van der Waals surface area contributed by atoms with Crippen LogP contribution in [0.15, 0.2) is 0 Å². The third-order valence-electron chi connectivity index (χ3n) is 3.56. The van der Waals surface area contributed by atoms with Crippen molar-refractivity contribution >= 4 is 12.0 Å². The molecule has 6 heteroatoms. The van der Waals surface area contributed by atoms with E-state index in [0.717, 1.165) is 19.4 Å². The molecule has 1 aliphatic rings. The molecule has 0 aliphatic carbocycles. The second kappa shape index (κ2) is 6.58. The number of hydrogen-bond donors (Lipinski definition) is 3. The molecule has 1 aliphatic heterocycles. The topological polar surface area (TPSA) is 81.7 Å². The Bertz CT molecular complexity index is 309. The first-order chi connectivity index (χ1) is 8.43. The fraction of sp³-hybridized carbons (Fsp3) is 0.833. The average molecular weight is 257 g/mol. The van der Waals surface area contributed by atoms with Crippen molar-refractivity contribution in [3.05, 3.63) is 0 Å². The number of hydrogen-bond acceptors (Lipinski definition) is 3. The largest absolute Gasteiger partial charge is 0.480 e. The van der Waals surface area contributed by atoms with Crippen molar-refractivity contribution < 1.29 is 14.7 Å². The van der Waals surface area contributed by atoms with E-state index in [2.05, 4.69) is 29.5 Å². The normalized spacial score (nSPS) is 26.4. The molecule has 6 nitrogen and oxygen atoms in total.